The van der Waals surface area contributed by atoms with Crippen molar-refractivity contribution in [1.29, 1.82) is 0 Å². The number of hydrogen-bond acceptors (Lipinski definition) is 8. The fraction of sp³-hybridized carbons (Fsp3) is 0.222. The number of tetrazole rings is 1. The van der Waals surface area contributed by atoms with E-state index in [-0.39, 0.29) is 11.7 Å². The van der Waals surface area contributed by atoms with Crippen molar-refractivity contribution in [3.8, 4) is 22.9 Å². The molecule has 9 nitrogen and oxygen atoms in total. The Morgan fingerprint density at radius 3 is 2.75 bits per heavy atom. The van der Waals surface area contributed by atoms with Gasteiger partial charge in [-0.2, -0.15) is 4.68 Å². The molecule has 0 spiro atoms. The second-order valence-corrected chi connectivity index (χ2v) is 6.71. The van der Waals surface area contributed by atoms with Crippen molar-refractivity contribution < 1.29 is 19.0 Å². The van der Waals surface area contributed by atoms with Crippen molar-refractivity contribution >= 4 is 23.4 Å². The summed E-state index contributed by atoms with van der Waals surface area (Å²) in [5, 5.41) is 15.0. The monoisotopic (exact) mass is 399 g/mol. The molecule has 28 heavy (non-hydrogen) atoms. The average molecular weight is 399 g/mol. The summed E-state index contributed by atoms with van der Waals surface area (Å²) >= 11 is 1.24. The van der Waals surface area contributed by atoms with Crippen molar-refractivity contribution in [1.82, 2.24) is 20.2 Å². The number of amides is 1. The van der Waals surface area contributed by atoms with Crippen LogP contribution >= 0.6 is 11.8 Å². The Bertz CT molecular complexity index is 976. The first-order valence-corrected chi connectivity index (χ1v) is 9.46. The summed E-state index contributed by atoms with van der Waals surface area (Å²) in [6, 6.07) is 12.6. The Morgan fingerprint density at radius 2 is 1.96 bits per heavy atom. The number of aromatic nitrogens is 4. The van der Waals surface area contributed by atoms with E-state index in [1.165, 1.54) is 11.8 Å². The summed E-state index contributed by atoms with van der Waals surface area (Å²) in [4.78, 5) is 12.3. The molecule has 0 aliphatic carbocycles. The van der Waals surface area contributed by atoms with Gasteiger partial charge in [0.2, 0.25) is 11.1 Å². The molecule has 4 rings (SSSR count). The Balaban J connectivity index is 1.38. The van der Waals surface area contributed by atoms with Crippen LogP contribution in [0.3, 0.4) is 0 Å². The molecule has 0 radical (unpaired) electrons. The van der Waals surface area contributed by atoms with E-state index in [4.69, 9.17) is 14.2 Å². The molecule has 1 N–H and O–H groups in total. The number of methoxy groups -OCH3 is 1. The first kappa shape index (κ1) is 18.1. The van der Waals surface area contributed by atoms with Crippen LogP contribution in [0.5, 0.6) is 17.2 Å². The lowest BCUT2D eigenvalue weighted by molar-refractivity contribution is -0.113. The van der Waals surface area contributed by atoms with Gasteiger partial charge in [0.15, 0.2) is 11.5 Å². The van der Waals surface area contributed by atoms with E-state index in [9.17, 15) is 4.79 Å². The van der Waals surface area contributed by atoms with Gasteiger partial charge in [-0.3, -0.25) is 4.79 Å². The van der Waals surface area contributed by atoms with E-state index < -0.39 is 0 Å². The predicted octanol–water partition coefficient (Wildman–Crippen LogP) is 2.17. The lowest BCUT2D eigenvalue weighted by atomic mass is 10.2. The first-order chi connectivity index (χ1) is 13.7. The number of carbonyl (C=O) groups is 1. The third kappa shape index (κ3) is 4.01. The van der Waals surface area contributed by atoms with Crippen molar-refractivity contribution in [2.45, 2.75) is 5.16 Å². The fourth-order valence-electron chi connectivity index (χ4n) is 2.60. The normalized spacial score (nSPS) is 12.5. The Hall–Kier alpha value is -3.27. The highest BCUT2D eigenvalue weighted by Crippen LogP contribution is 2.32. The molecule has 1 aliphatic rings. The van der Waals surface area contributed by atoms with Gasteiger partial charge in [0.1, 0.15) is 19.0 Å². The first-order valence-electron chi connectivity index (χ1n) is 8.48. The number of rotatable bonds is 6. The molecule has 0 fully saturated rings. The van der Waals surface area contributed by atoms with Gasteiger partial charge in [-0.15, -0.1) is 5.10 Å². The van der Waals surface area contributed by atoms with Crippen LogP contribution in [-0.2, 0) is 4.79 Å². The molecule has 0 bridgehead atoms. The number of nitrogens with zero attached hydrogens (tertiary/aromatic N) is 4. The van der Waals surface area contributed by atoms with Crippen LogP contribution in [0.15, 0.2) is 47.6 Å². The van der Waals surface area contributed by atoms with Gasteiger partial charge in [0, 0.05) is 11.8 Å². The smallest absolute Gasteiger partial charge is 0.234 e. The fourth-order valence-corrected chi connectivity index (χ4v) is 3.29. The van der Waals surface area contributed by atoms with Gasteiger partial charge in [-0.05, 0) is 46.8 Å². The van der Waals surface area contributed by atoms with E-state index in [0.29, 0.717) is 35.6 Å². The summed E-state index contributed by atoms with van der Waals surface area (Å²) in [5.74, 6) is 2.03. The third-order valence-electron chi connectivity index (χ3n) is 3.92. The molecule has 2 aromatic carbocycles. The molecule has 0 unspecified atom stereocenters. The Labute approximate surface area is 165 Å². The van der Waals surface area contributed by atoms with Crippen LogP contribution in [0.25, 0.3) is 5.69 Å². The SMILES string of the molecule is COc1ccc(-n2nnnc2SCC(=O)Nc2ccc3c(c2)OCCO3)cc1. The van der Waals surface area contributed by atoms with E-state index in [1.54, 1.807) is 30.0 Å². The number of carbonyl (C=O) groups excluding carboxylic acids is 1. The van der Waals surface area contributed by atoms with Crippen molar-refractivity contribution in [3.63, 3.8) is 0 Å². The van der Waals surface area contributed by atoms with Gasteiger partial charge in [-0.25, -0.2) is 0 Å². The second-order valence-electron chi connectivity index (χ2n) is 5.77. The van der Waals surface area contributed by atoms with Gasteiger partial charge in [-0.1, -0.05) is 11.8 Å². The lowest BCUT2D eigenvalue weighted by Crippen LogP contribution is -2.17. The molecule has 10 heteroatoms. The van der Waals surface area contributed by atoms with E-state index in [0.717, 1.165) is 11.4 Å². The van der Waals surface area contributed by atoms with Crippen LogP contribution in [0.1, 0.15) is 0 Å². The Morgan fingerprint density at radius 1 is 1.18 bits per heavy atom. The van der Waals surface area contributed by atoms with Gasteiger partial charge >= 0.3 is 0 Å². The maximum atomic E-state index is 12.3. The van der Waals surface area contributed by atoms with Crippen LogP contribution < -0.4 is 19.5 Å². The van der Waals surface area contributed by atoms with Crippen LogP contribution in [0.4, 0.5) is 5.69 Å². The second kappa shape index (κ2) is 8.17. The summed E-state index contributed by atoms with van der Waals surface area (Å²) < 4.78 is 17.7. The van der Waals surface area contributed by atoms with Crippen LogP contribution in [-0.4, -0.2) is 52.2 Å². The minimum Gasteiger partial charge on any atom is -0.497 e. The molecule has 3 aromatic rings. The quantitative estimate of drug-likeness (QED) is 0.630. The number of hydrogen-bond donors (Lipinski definition) is 1. The lowest BCUT2D eigenvalue weighted by Gasteiger charge is -2.18. The molecule has 144 valence electrons. The van der Waals surface area contributed by atoms with Gasteiger partial charge in [0.05, 0.1) is 18.6 Å². The molecular weight excluding hydrogens is 382 g/mol. The van der Waals surface area contributed by atoms with Crippen molar-refractivity contribution in [3.05, 3.63) is 42.5 Å². The van der Waals surface area contributed by atoms with E-state index in [2.05, 4.69) is 20.8 Å². The molecule has 1 amide bonds. The summed E-state index contributed by atoms with van der Waals surface area (Å²) in [6.07, 6.45) is 0. The maximum absolute atomic E-state index is 12.3. The summed E-state index contributed by atoms with van der Waals surface area (Å²) in [7, 11) is 1.60. The van der Waals surface area contributed by atoms with Crippen molar-refractivity contribution in [2.75, 3.05) is 31.4 Å². The molecule has 0 atom stereocenters. The zero-order chi connectivity index (χ0) is 19.3. The summed E-state index contributed by atoms with van der Waals surface area (Å²) in [5.41, 5.74) is 1.42. The standard InChI is InChI=1S/C18H17N5O4S/c1-25-14-5-3-13(4-6-14)23-18(20-21-22-23)28-11-17(24)19-12-2-7-15-16(10-12)27-9-8-26-15/h2-7,10H,8-9,11H2,1H3,(H,19,24). The minimum absolute atomic E-state index is 0.158. The van der Waals surface area contributed by atoms with Gasteiger partial charge in [0.25, 0.3) is 0 Å². The molecule has 1 aliphatic heterocycles. The third-order valence-corrected chi connectivity index (χ3v) is 4.84. The maximum Gasteiger partial charge on any atom is 0.234 e. The van der Waals surface area contributed by atoms with Crippen LogP contribution in [0.2, 0.25) is 0 Å². The molecule has 0 saturated carbocycles. The number of nitrogens with one attached hydrogen (secondary N) is 1. The molecule has 2 heterocycles. The van der Waals surface area contributed by atoms with Crippen molar-refractivity contribution in [2.24, 2.45) is 0 Å². The highest BCUT2D eigenvalue weighted by atomic mass is 32.2. The zero-order valence-corrected chi connectivity index (χ0v) is 15.8. The number of thioether (sulfide) groups is 1. The van der Waals surface area contributed by atoms with Gasteiger partial charge < -0.3 is 19.5 Å². The molecule has 0 saturated heterocycles. The highest BCUT2D eigenvalue weighted by Gasteiger charge is 2.14. The number of ether oxygens (including phenoxy) is 3. The summed E-state index contributed by atoms with van der Waals surface area (Å²) in [6.45, 7) is 1.02. The Kier molecular flexibility index (Phi) is 5.29. The molecular formula is C18H17N5O4S. The van der Waals surface area contributed by atoms with E-state index in [1.807, 2.05) is 24.3 Å². The average Bonchev–Trinajstić information content (AvgIpc) is 3.21. The topological polar surface area (TPSA) is 100 Å². The zero-order valence-electron chi connectivity index (χ0n) is 15.0. The van der Waals surface area contributed by atoms with Crippen LogP contribution in [0, 0.1) is 0 Å². The number of fused-ring (bicyclic) bond motifs is 1. The minimum atomic E-state index is -0.175. The highest BCUT2D eigenvalue weighted by molar-refractivity contribution is 7.99. The molecule has 1 aromatic heterocycles. The predicted molar refractivity (Wildman–Crippen MR) is 102 cm³/mol. The van der Waals surface area contributed by atoms with E-state index >= 15 is 0 Å². The number of anilines is 1. The number of benzene rings is 2. The largest absolute Gasteiger partial charge is 0.497 e.